The van der Waals surface area contributed by atoms with Crippen LogP contribution < -0.4 is 9.64 Å². The Morgan fingerprint density at radius 2 is 1.82 bits per heavy atom. The predicted octanol–water partition coefficient (Wildman–Crippen LogP) is 4.95. The van der Waals surface area contributed by atoms with E-state index in [1.54, 1.807) is 36.3 Å². The van der Waals surface area contributed by atoms with Crippen molar-refractivity contribution in [2.24, 2.45) is 0 Å². The first kappa shape index (κ1) is 20.6. The number of aromatic nitrogens is 1. The van der Waals surface area contributed by atoms with Crippen molar-refractivity contribution >= 4 is 44.2 Å². The van der Waals surface area contributed by atoms with Crippen LogP contribution >= 0.6 is 22.9 Å². The summed E-state index contributed by atoms with van der Waals surface area (Å²) in [6, 6.07) is 12.8. The highest BCUT2D eigenvalue weighted by molar-refractivity contribution is 7.22. The molecule has 148 valence electrons. The van der Waals surface area contributed by atoms with Crippen LogP contribution in [0, 0.1) is 0 Å². The average molecular weight is 418 g/mol. The first-order valence-electron chi connectivity index (χ1n) is 9.30. The quantitative estimate of drug-likeness (QED) is 0.520. The van der Waals surface area contributed by atoms with E-state index in [0.717, 1.165) is 35.6 Å². The molecule has 0 saturated heterocycles. The van der Waals surface area contributed by atoms with E-state index >= 15 is 0 Å². The Morgan fingerprint density at radius 3 is 2.46 bits per heavy atom. The molecule has 3 aromatic rings. The Hall–Kier alpha value is -2.15. The lowest BCUT2D eigenvalue weighted by Gasteiger charge is -2.24. The summed E-state index contributed by atoms with van der Waals surface area (Å²) in [4.78, 5) is 22.0. The third-order valence-corrected chi connectivity index (χ3v) is 5.96. The first-order chi connectivity index (χ1) is 13.5. The minimum absolute atomic E-state index is 0.0695. The summed E-state index contributed by atoms with van der Waals surface area (Å²) in [6.07, 6.45) is 0. The van der Waals surface area contributed by atoms with Gasteiger partial charge in [-0.25, -0.2) is 4.98 Å². The Bertz CT molecular complexity index is 938. The standard InChI is InChI=1S/C21H24ClN3O2S/c1-4-24(5-2)12-13-25(20(26)15-6-9-17(27-3)10-7-15)21-23-18-11-8-16(22)14-19(18)28-21/h6-11,14H,4-5,12-13H2,1-3H3. The fraction of sp³-hybridized carbons (Fsp3) is 0.333. The van der Waals surface area contributed by atoms with Crippen LogP contribution in [0.3, 0.4) is 0 Å². The number of halogens is 1. The minimum atomic E-state index is -0.0695. The van der Waals surface area contributed by atoms with Crippen molar-refractivity contribution in [3.8, 4) is 5.75 Å². The lowest BCUT2D eigenvalue weighted by molar-refractivity contribution is 0.0983. The van der Waals surface area contributed by atoms with Crippen LogP contribution in [0.4, 0.5) is 5.13 Å². The molecule has 28 heavy (non-hydrogen) atoms. The van der Waals surface area contributed by atoms with E-state index in [0.29, 0.717) is 22.3 Å². The normalized spacial score (nSPS) is 11.2. The average Bonchev–Trinajstić information content (AvgIpc) is 3.13. The van der Waals surface area contributed by atoms with Crippen LogP contribution in [0.15, 0.2) is 42.5 Å². The summed E-state index contributed by atoms with van der Waals surface area (Å²) >= 11 is 7.60. The Morgan fingerprint density at radius 1 is 1.11 bits per heavy atom. The molecular formula is C21H24ClN3O2S. The Labute approximate surface area is 174 Å². The van der Waals surface area contributed by atoms with Gasteiger partial charge in [0, 0.05) is 23.7 Å². The van der Waals surface area contributed by atoms with Crippen molar-refractivity contribution in [1.82, 2.24) is 9.88 Å². The number of carbonyl (C=O) groups excluding carboxylic acids is 1. The number of carbonyl (C=O) groups is 1. The van der Waals surface area contributed by atoms with Gasteiger partial charge in [-0.3, -0.25) is 9.69 Å². The van der Waals surface area contributed by atoms with Gasteiger partial charge in [-0.15, -0.1) is 0 Å². The molecule has 0 saturated carbocycles. The molecule has 5 nitrogen and oxygen atoms in total. The summed E-state index contributed by atoms with van der Waals surface area (Å²) < 4.78 is 6.17. The highest BCUT2D eigenvalue weighted by Crippen LogP contribution is 2.31. The number of methoxy groups -OCH3 is 1. The third-order valence-electron chi connectivity index (χ3n) is 4.69. The molecule has 1 heterocycles. The van der Waals surface area contributed by atoms with E-state index in [2.05, 4.69) is 23.7 Å². The molecule has 0 N–H and O–H groups in total. The number of anilines is 1. The van der Waals surface area contributed by atoms with Crippen molar-refractivity contribution in [3.63, 3.8) is 0 Å². The summed E-state index contributed by atoms with van der Waals surface area (Å²) in [7, 11) is 1.61. The summed E-state index contributed by atoms with van der Waals surface area (Å²) in [6.45, 7) is 7.48. The molecule has 0 fully saturated rings. The lowest BCUT2D eigenvalue weighted by atomic mass is 10.2. The maximum absolute atomic E-state index is 13.3. The van der Waals surface area contributed by atoms with E-state index in [1.165, 1.54) is 11.3 Å². The van der Waals surface area contributed by atoms with Gasteiger partial charge in [-0.1, -0.05) is 36.8 Å². The molecule has 0 spiro atoms. The van der Waals surface area contributed by atoms with Crippen molar-refractivity contribution < 1.29 is 9.53 Å². The van der Waals surface area contributed by atoms with Crippen molar-refractivity contribution in [1.29, 1.82) is 0 Å². The zero-order chi connectivity index (χ0) is 20.1. The molecular weight excluding hydrogens is 394 g/mol. The smallest absolute Gasteiger partial charge is 0.260 e. The topological polar surface area (TPSA) is 45.7 Å². The van der Waals surface area contributed by atoms with Crippen LogP contribution in [0.5, 0.6) is 5.75 Å². The lowest BCUT2D eigenvalue weighted by Crippen LogP contribution is -2.38. The fourth-order valence-corrected chi connectivity index (χ4v) is 4.22. The highest BCUT2D eigenvalue weighted by atomic mass is 35.5. The molecule has 0 radical (unpaired) electrons. The molecule has 0 aliphatic carbocycles. The molecule has 0 aliphatic rings. The number of hydrogen-bond acceptors (Lipinski definition) is 5. The van der Waals surface area contributed by atoms with Crippen LogP contribution in [-0.4, -0.2) is 49.1 Å². The Kier molecular flexibility index (Phi) is 6.88. The number of hydrogen-bond donors (Lipinski definition) is 0. The maximum Gasteiger partial charge on any atom is 0.260 e. The zero-order valence-electron chi connectivity index (χ0n) is 16.3. The molecule has 0 bridgehead atoms. The van der Waals surface area contributed by atoms with Gasteiger partial charge in [0.15, 0.2) is 5.13 Å². The number of amides is 1. The number of fused-ring (bicyclic) bond motifs is 1. The summed E-state index contributed by atoms with van der Waals surface area (Å²) in [5, 5.41) is 1.35. The molecule has 2 aromatic carbocycles. The first-order valence-corrected chi connectivity index (χ1v) is 10.5. The Balaban J connectivity index is 1.93. The van der Waals surface area contributed by atoms with Crippen molar-refractivity contribution in [3.05, 3.63) is 53.1 Å². The highest BCUT2D eigenvalue weighted by Gasteiger charge is 2.22. The molecule has 1 amide bonds. The monoisotopic (exact) mass is 417 g/mol. The summed E-state index contributed by atoms with van der Waals surface area (Å²) in [5.74, 6) is 0.654. The van der Waals surface area contributed by atoms with Gasteiger partial charge in [-0.2, -0.15) is 0 Å². The molecule has 0 atom stereocenters. The van der Waals surface area contributed by atoms with E-state index in [1.807, 2.05) is 18.2 Å². The van der Waals surface area contributed by atoms with Crippen LogP contribution in [0.25, 0.3) is 10.2 Å². The van der Waals surface area contributed by atoms with E-state index < -0.39 is 0 Å². The van der Waals surface area contributed by atoms with Gasteiger partial charge in [-0.05, 0) is 55.6 Å². The second-order valence-corrected chi connectivity index (χ2v) is 7.77. The summed E-state index contributed by atoms with van der Waals surface area (Å²) in [5.41, 5.74) is 1.46. The van der Waals surface area contributed by atoms with Crippen LogP contribution in [0.1, 0.15) is 24.2 Å². The molecule has 3 rings (SSSR count). The second kappa shape index (κ2) is 9.37. The number of ether oxygens (including phenoxy) is 1. The maximum atomic E-state index is 13.3. The van der Waals surface area contributed by atoms with E-state index in [4.69, 9.17) is 16.3 Å². The van der Waals surface area contributed by atoms with Crippen molar-refractivity contribution in [2.75, 3.05) is 38.2 Å². The number of nitrogens with zero attached hydrogens (tertiary/aromatic N) is 3. The van der Waals surface area contributed by atoms with Crippen LogP contribution in [-0.2, 0) is 0 Å². The van der Waals surface area contributed by atoms with E-state index in [-0.39, 0.29) is 5.91 Å². The molecule has 1 aromatic heterocycles. The SMILES string of the molecule is CCN(CC)CCN(C(=O)c1ccc(OC)cc1)c1nc2ccc(Cl)cc2s1. The number of rotatable bonds is 8. The van der Waals surface area contributed by atoms with Gasteiger partial charge in [0.1, 0.15) is 5.75 Å². The molecule has 7 heteroatoms. The fourth-order valence-electron chi connectivity index (χ4n) is 2.96. The van der Waals surface area contributed by atoms with Gasteiger partial charge in [0.25, 0.3) is 5.91 Å². The van der Waals surface area contributed by atoms with Gasteiger partial charge in [0.2, 0.25) is 0 Å². The number of likely N-dealkylation sites (N-methyl/N-ethyl adjacent to an activating group) is 1. The molecule has 0 unspecified atom stereocenters. The number of thiazole rings is 1. The van der Waals surface area contributed by atoms with Gasteiger partial charge >= 0.3 is 0 Å². The van der Waals surface area contributed by atoms with Crippen LogP contribution in [0.2, 0.25) is 5.02 Å². The largest absolute Gasteiger partial charge is 0.497 e. The number of benzene rings is 2. The third kappa shape index (κ3) is 4.63. The minimum Gasteiger partial charge on any atom is -0.497 e. The van der Waals surface area contributed by atoms with E-state index in [9.17, 15) is 4.79 Å². The second-order valence-electron chi connectivity index (χ2n) is 6.32. The van der Waals surface area contributed by atoms with Gasteiger partial charge < -0.3 is 9.64 Å². The predicted molar refractivity (Wildman–Crippen MR) is 117 cm³/mol. The van der Waals surface area contributed by atoms with Gasteiger partial charge in [0.05, 0.1) is 17.3 Å². The zero-order valence-corrected chi connectivity index (χ0v) is 17.9. The van der Waals surface area contributed by atoms with Crippen molar-refractivity contribution in [2.45, 2.75) is 13.8 Å². The molecule has 0 aliphatic heterocycles.